The second-order valence-electron chi connectivity index (χ2n) is 4.35. The van der Waals surface area contributed by atoms with Crippen LogP contribution in [0.15, 0.2) is 49.1 Å². The molecule has 0 unspecified atom stereocenters. The van der Waals surface area contributed by atoms with Gasteiger partial charge in [0, 0.05) is 23.6 Å². The molecule has 0 atom stereocenters. The van der Waals surface area contributed by atoms with Gasteiger partial charge in [0.15, 0.2) is 0 Å². The van der Waals surface area contributed by atoms with Gasteiger partial charge in [0.2, 0.25) is 0 Å². The predicted octanol–water partition coefficient (Wildman–Crippen LogP) is 2.62. The summed E-state index contributed by atoms with van der Waals surface area (Å²) < 4.78 is 1.78. The van der Waals surface area contributed by atoms with Gasteiger partial charge in [-0.15, -0.1) is 0 Å². The van der Waals surface area contributed by atoms with Crippen LogP contribution < -0.4 is 5.73 Å². The van der Waals surface area contributed by atoms with Crippen molar-refractivity contribution in [2.24, 2.45) is 0 Å². The molecule has 20 heavy (non-hydrogen) atoms. The number of nitrogen functional groups attached to an aromatic ring is 1. The van der Waals surface area contributed by atoms with E-state index in [-0.39, 0.29) is 0 Å². The van der Waals surface area contributed by atoms with E-state index >= 15 is 0 Å². The molecular weight excluding hydrogens is 274 g/mol. The third-order valence-corrected chi connectivity index (χ3v) is 3.11. The number of benzene rings is 1. The summed E-state index contributed by atoms with van der Waals surface area (Å²) in [5.74, 6) is 0. The van der Waals surface area contributed by atoms with Gasteiger partial charge in [0.25, 0.3) is 0 Å². The number of aromatic nitrogens is 4. The molecule has 6 heteroatoms. The Hall–Kier alpha value is -2.40. The fraction of sp³-hybridized carbons (Fsp3) is 0.0714. The molecule has 0 bridgehead atoms. The van der Waals surface area contributed by atoms with E-state index in [1.54, 1.807) is 29.5 Å². The SMILES string of the molecule is Nc1cn(Cc2ccc(Cl)cc2)nc1-c1cnccn1. The van der Waals surface area contributed by atoms with E-state index < -0.39 is 0 Å². The van der Waals surface area contributed by atoms with Gasteiger partial charge >= 0.3 is 0 Å². The van der Waals surface area contributed by atoms with Crippen molar-refractivity contribution in [1.82, 2.24) is 19.7 Å². The maximum absolute atomic E-state index is 5.98. The maximum Gasteiger partial charge on any atom is 0.135 e. The number of hydrogen-bond acceptors (Lipinski definition) is 4. The lowest BCUT2D eigenvalue weighted by Crippen LogP contribution is -2.00. The molecule has 3 rings (SSSR count). The highest BCUT2D eigenvalue weighted by atomic mass is 35.5. The second-order valence-corrected chi connectivity index (χ2v) is 4.78. The summed E-state index contributed by atoms with van der Waals surface area (Å²) in [6.07, 6.45) is 6.67. The van der Waals surface area contributed by atoms with E-state index in [0.717, 1.165) is 5.56 Å². The molecule has 0 aliphatic heterocycles. The molecule has 100 valence electrons. The minimum atomic E-state index is 0.583. The summed E-state index contributed by atoms with van der Waals surface area (Å²) in [6, 6.07) is 7.63. The van der Waals surface area contributed by atoms with E-state index in [1.165, 1.54) is 0 Å². The third-order valence-electron chi connectivity index (χ3n) is 2.85. The molecule has 0 saturated heterocycles. The largest absolute Gasteiger partial charge is 0.396 e. The van der Waals surface area contributed by atoms with Gasteiger partial charge in [-0.2, -0.15) is 5.10 Å². The van der Waals surface area contributed by atoms with Crippen molar-refractivity contribution in [2.45, 2.75) is 6.54 Å². The number of nitrogens with two attached hydrogens (primary N) is 1. The molecule has 1 aromatic carbocycles. The Bertz CT molecular complexity index is 706. The standard InChI is InChI=1S/C14H12ClN5/c15-11-3-1-10(2-4-11)8-20-9-12(16)14(19-20)13-7-17-5-6-18-13/h1-7,9H,8,16H2. The third kappa shape index (κ3) is 2.62. The van der Waals surface area contributed by atoms with Crippen molar-refractivity contribution >= 4 is 17.3 Å². The Kier molecular flexibility index (Phi) is 3.35. The number of halogens is 1. The van der Waals surface area contributed by atoms with Crippen LogP contribution in [-0.4, -0.2) is 19.7 Å². The van der Waals surface area contributed by atoms with E-state index in [9.17, 15) is 0 Å². The molecule has 5 nitrogen and oxygen atoms in total. The van der Waals surface area contributed by atoms with Gasteiger partial charge in [-0.1, -0.05) is 23.7 Å². The van der Waals surface area contributed by atoms with Crippen LogP contribution in [0.2, 0.25) is 5.02 Å². The maximum atomic E-state index is 5.98. The first-order valence-electron chi connectivity index (χ1n) is 6.06. The summed E-state index contributed by atoms with van der Waals surface area (Å²) in [4.78, 5) is 8.23. The summed E-state index contributed by atoms with van der Waals surface area (Å²) in [7, 11) is 0. The average Bonchev–Trinajstić information content (AvgIpc) is 2.83. The first-order valence-corrected chi connectivity index (χ1v) is 6.44. The Morgan fingerprint density at radius 1 is 1.15 bits per heavy atom. The summed E-state index contributed by atoms with van der Waals surface area (Å²) in [6.45, 7) is 0.627. The zero-order valence-electron chi connectivity index (χ0n) is 10.6. The van der Waals surface area contributed by atoms with E-state index in [1.807, 2.05) is 24.3 Å². The average molecular weight is 286 g/mol. The summed E-state index contributed by atoms with van der Waals surface area (Å²) >= 11 is 5.87. The van der Waals surface area contributed by atoms with Gasteiger partial charge in [0.1, 0.15) is 11.4 Å². The molecule has 2 N–H and O–H groups in total. The quantitative estimate of drug-likeness (QED) is 0.803. The fourth-order valence-electron chi connectivity index (χ4n) is 1.92. The molecular formula is C14H12ClN5. The first kappa shape index (κ1) is 12.6. The zero-order valence-corrected chi connectivity index (χ0v) is 11.3. The lowest BCUT2D eigenvalue weighted by molar-refractivity contribution is 0.689. The van der Waals surface area contributed by atoms with Crippen molar-refractivity contribution < 1.29 is 0 Å². The normalized spacial score (nSPS) is 10.7. The second kappa shape index (κ2) is 5.30. The van der Waals surface area contributed by atoms with E-state index in [0.29, 0.717) is 28.6 Å². The van der Waals surface area contributed by atoms with Gasteiger partial charge in [0.05, 0.1) is 18.4 Å². The molecule has 0 aliphatic carbocycles. The monoisotopic (exact) mass is 285 g/mol. The van der Waals surface area contributed by atoms with Gasteiger partial charge in [-0.25, -0.2) is 0 Å². The van der Waals surface area contributed by atoms with Crippen LogP contribution in [0.3, 0.4) is 0 Å². The van der Waals surface area contributed by atoms with Crippen LogP contribution in [0.1, 0.15) is 5.56 Å². The summed E-state index contributed by atoms with van der Waals surface area (Å²) in [5.41, 5.74) is 8.97. The molecule has 0 fully saturated rings. The molecule has 2 heterocycles. The van der Waals surface area contributed by atoms with Crippen molar-refractivity contribution in [1.29, 1.82) is 0 Å². The van der Waals surface area contributed by atoms with Crippen LogP contribution in [0, 0.1) is 0 Å². The van der Waals surface area contributed by atoms with E-state index in [2.05, 4.69) is 15.1 Å². The van der Waals surface area contributed by atoms with Crippen LogP contribution >= 0.6 is 11.6 Å². The molecule has 0 saturated carbocycles. The number of hydrogen-bond donors (Lipinski definition) is 1. The molecule has 0 aliphatic rings. The minimum Gasteiger partial charge on any atom is -0.396 e. The lowest BCUT2D eigenvalue weighted by Gasteiger charge is -2.01. The fourth-order valence-corrected chi connectivity index (χ4v) is 2.04. The van der Waals surface area contributed by atoms with Crippen molar-refractivity contribution in [3.63, 3.8) is 0 Å². The Balaban J connectivity index is 1.87. The predicted molar refractivity (Wildman–Crippen MR) is 78.2 cm³/mol. The zero-order chi connectivity index (χ0) is 13.9. The minimum absolute atomic E-state index is 0.583. The molecule has 0 radical (unpaired) electrons. The summed E-state index contributed by atoms with van der Waals surface area (Å²) in [5, 5.41) is 5.17. The van der Waals surface area contributed by atoms with Crippen LogP contribution in [0.5, 0.6) is 0 Å². The van der Waals surface area contributed by atoms with Crippen molar-refractivity contribution in [2.75, 3.05) is 5.73 Å². The van der Waals surface area contributed by atoms with Crippen LogP contribution in [-0.2, 0) is 6.54 Å². The topological polar surface area (TPSA) is 69.6 Å². The van der Waals surface area contributed by atoms with Gasteiger partial charge in [-0.3, -0.25) is 14.6 Å². The van der Waals surface area contributed by atoms with Crippen LogP contribution in [0.4, 0.5) is 5.69 Å². The van der Waals surface area contributed by atoms with E-state index in [4.69, 9.17) is 17.3 Å². The number of rotatable bonds is 3. The van der Waals surface area contributed by atoms with Crippen molar-refractivity contribution in [3.8, 4) is 11.4 Å². The number of nitrogens with zero attached hydrogens (tertiary/aromatic N) is 4. The Labute approximate surface area is 121 Å². The highest BCUT2D eigenvalue weighted by Gasteiger charge is 2.10. The number of anilines is 1. The molecule has 2 aromatic heterocycles. The highest BCUT2D eigenvalue weighted by molar-refractivity contribution is 6.30. The van der Waals surface area contributed by atoms with Gasteiger partial charge in [-0.05, 0) is 17.7 Å². The first-order chi connectivity index (χ1) is 9.72. The highest BCUT2D eigenvalue weighted by Crippen LogP contribution is 2.21. The van der Waals surface area contributed by atoms with Crippen molar-refractivity contribution in [3.05, 3.63) is 59.6 Å². The molecule has 0 spiro atoms. The van der Waals surface area contributed by atoms with Crippen LogP contribution in [0.25, 0.3) is 11.4 Å². The lowest BCUT2D eigenvalue weighted by atomic mass is 10.2. The Morgan fingerprint density at radius 3 is 2.65 bits per heavy atom. The molecule has 0 amide bonds. The van der Waals surface area contributed by atoms with Gasteiger partial charge < -0.3 is 5.73 Å². The molecule has 3 aromatic rings. The smallest absolute Gasteiger partial charge is 0.135 e. The Morgan fingerprint density at radius 2 is 1.95 bits per heavy atom.